The summed E-state index contributed by atoms with van der Waals surface area (Å²) in [6.45, 7) is 9.77. The van der Waals surface area contributed by atoms with Gasteiger partial charge in [-0.05, 0) is 43.7 Å². The summed E-state index contributed by atoms with van der Waals surface area (Å²) in [5.74, 6) is 1.11. The standard InChI is InChI=1S/C22H28N2O4/c1-4-26-13-14-27-20-11-7-5-9-18(20)23-15-22(25)24-19-10-6-8-12-21(19)28-16-17(2)3/h5-12,23H,2,4,13-16H2,1,3H3,(H,24,25). The number of hydrogen-bond donors (Lipinski definition) is 2. The number of ether oxygens (including phenoxy) is 3. The third-order valence-electron chi connectivity index (χ3n) is 3.65. The smallest absolute Gasteiger partial charge is 0.243 e. The van der Waals surface area contributed by atoms with Crippen LogP contribution in [0.1, 0.15) is 13.8 Å². The van der Waals surface area contributed by atoms with Crippen LogP contribution >= 0.6 is 0 Å². The van der Waals surface area contributed by atoms with E-state index in [-0.39, 0.29) is 12.5 Å². The average molecular weight is 384 g/mol. The van der Waals surface area contributed by atoms with Crippen LogP contribution in [0, 0.1) is 0 Å². The van der Waals surface area contributed by atoms with Gasteiger partial charge in [-0.1, -0.05) is 30.8 Å². The number of anilines is 2. The van der Waals surface area contributed by atoms with Crippen LogP contribution in [-0.4, -0.2) is 38.9 Å². The molecule has 0 aliphatic rings. The molecule has 0 unspecified atom stereocenters. The zero-order chi connectivity index (χ0) is 20.2. The van der Waals surface area contributed by atoms with Crippen molar-refractivity contribution in [3.63, 3.8) is 0 Å². The number of carbonyl (C=O) groups is 1. The molecule has 0 saturated carbocycles. The molecule has 1 amide bonds. The lowest BCUT2D eigenvalue weighted by Gasteiger charge is -2.15. The van der Waals surface area contributed by atoms with Crippen molar-refractivity contribution in [1.82, 2.24) is 0 Å². The van der Waals surface area contributed by atoms with E-state index in [0.717, 1.165) is 11.3 Å². The summed E-state index contributed by atoms with van der Waals surface area (Å²) >= 11 is 0. The van der Waals surface area contributed by atoms with E-state index in [4.69, 9.17) is 14.2 Å². The molecule has 2 aromatic carbocycles. The van der Waals surface area contributed by atoms with Gasteiger partial charge in [0.2, 0.25) is 5.91 Å². The van der Waals surface area contributed by atoms with Crippen molar-refractivity contribution in [1.29, 1.82) is 0 Å². The number of rotatable bonds is 12. The monoisotopic (exact) mass is 384 g/mol. The second-order valence-electron chi connectivity index (χ2n) is 6.19. The fraction of sp³-hybridized carbons (Fsp3) is 0.318. The quantitative estimate of drug-likeness (QED) is 0.426. The minimum Gasteiger partial charge on any atom is -0.489 e. The molecule has 0 spiro atoms. The molecule has 0 aliphatic heterocycles. The van der Waals surface area contributed by atoms with E-state index >= 15 is 0 Å². The van der Waals surface area contributed by atoms with Crippen molar-refractivity contribution in [2.45, 2.75) is 13.8 Å². The van der Waals surface area contributed by atoms with Crippen LogP contribution in [0.15, 0.2) is 60.7 Å². The molecule has 0 heterocycles. The summed E-state index contributed by atoms with van der Waals surface area (Å²) in [6, 6.07) is 14.8. The minimum atomic E-state index is -0.185. The van der Waals surface area contributed by atoms with E-state index in [1.807, 2.05) is 56.3 Å². The molecule has 28 heavy (non-hydrogen) atoms. The van der Waals surface area contributed by atoms with E-state index in [1.54, 1.807) is 6.07 Å². The maximum absolute atomic E-state index is 12.4. The van der Waals surface area contributed by atoms with Gasteiger partial charge in [0.1, 0.15) is 24.7 Å². The third-order valence-corrected chi connectivity index (χ3v) is 3.65. The highest BCUT2D eigenvalue weighted by Gasteiger charge is 2.09. The Hall–Kier alpha value is -2.99. The van der Waals surface area contributed by atoms with Crippen LogP contribution in [0.4, 0.5) is 11.4 Å². The molecule has 0 aliphatic carbocycles. The number of para-hydroxylation sites is 4. The molecule has 2 rings (SSSR count). The molecule has 2 aromatic rings. The lowest BCUT2D eigenvalue weighted by Crippen LogP contribution is -2.22. The number of hydrogen-bond acceptors (Lipinski definition) is 5. The van der Waals surface area contributed by atoms with Crippen LogP contribution in [0.5, 0.6) is 11.5 Å². The van der Waals surface area contributed by atoms with Crippen molar-refractivity contribution in [3.05, 3.63) is 60.7 Å². The summed E-state index contributed by atoms with van der Waals surface area (Å²) in [5, 5.41) is 5.98. The predicted octanol–water partition coefficient (Wildman–Crippen LogP) is 4.11. The second-order valence-corrected chi connectivity index (χ2v) is 6.19. The first kappa shape index (κ1) is 21.3. The summed E-state index contributed by atoms with van der Waals surface area (Å²) in [4.78, 5) is 12.4. The highest BCUT2D eigenvalue weighted by molar-refractivity contribution is 5.95. The van der Waals surface area contributed by atoms with Gasteiger partial charge in [0, 0.05) is 6.61 Å². The first-order valence-corrected chi connectivity index (χ1v) is 9.29. The highest BCUT2D eigenvalue weighted by atomic mass is 16.5. The van der Waals surface area contributed by atoms with E-state index in [9.17, 15) is 4.79 Å². The molecule has 6 nitrogen and oxygen atoms in total. The Morgan fingerprint density at radius 1 is 0.964 bits per heavy atom. The zero-order valence-electron chi connectivity index (χ0n) is 16.5. The van der Waals surface area contributed by atoms with Gasteiger partial charge in [0.15, 0.2) is 0 Å². The maximum Gasteiger partial charge on any atom is 0.243 e. The molecule has 0 fully saturated rings. The maximum atomic E-state index is 12.4. The van der Waals surface area contributed by atoms with Crippen molar-refractivity contribution >= 4 is 17.3 Å². The van der Waals surface area contributed by atoms with Gasteiger partial charge in [0.05, 0.1) is 24.5 Å². The SMILES string of the molecule is C=C(C)COc1ccccc1NC(=O)CNc1ccccc1OCCOCC. The van der Waals surface area contributed by atoms with Gasteiger partial charge in [-0.2, -0.15) is 0 Å². The Kier molecular flexibility index (Phi) is 8.88. The molecule has 0 bridgehead atoms. The predicted molar refractivity (Wildman–Crippen MR) is 112 cm³/mol. The zero-order valence-corrected chi connectivity index (χ0v) is 16.5. The summed E-state index contributed by atoms with van der Waals surface area (Å²) in [6.07, 6.45) is 0. The number of amides is 1. The van der Waals surface area contributed by atoms with Crippen LogP contribution in [0.3, 0.4) is 0 Å². The van der Waals surface area contributed by atoms with Crippen molar-refractivity contribution < 1.29 is 19.0 Å². The van der Waals surface area contributed by atoms with Gasteiger partial charge in [-0.15, -0.1) is 0 Å². The molecule has 6 heteroatoms. The van der Waals surface area contributed by atoms with Crippen molar-refractivity contribution in [2.24, 2.45) is 0 Å². The fourth-order valence-electron chi connectivity index (χ4n) is 2.36. The average Bonchev–Trinajstić information content (AvgIpc) is 2.69. The second kappa shape index (κ2) is 11.7. The van der Waals surface area contributed by atoms with Crippen LogP contribution < -0.4 is 20.1 Å². The van der Waals surface area contributed by atoms with E-state index in [1.165, 1.54) is 0 Å². The van der Waals surface area contributed by atoms with E-state index < -0.39 is 0 Å². The normalized spacial score (nSPS) is 10.2. The van der Waals surface area contributed by atoms with E-state index in [2.05, 4.69) is 17.2 Å². The lowest BCUT2D eigenvalue weighted by molar-refractivity contribution is -0.114. The number of benzene rings is 2. The number of carbonyl (C=O) groups excluding carboxylic acids is 1. The highest BCUT2D eigenvalue weighted by Crippen LogP contribution is 2.25. The van der Waals surface area contributed by atoms with Gasteiger partial charge in [0.25, 0.3) is 0 Å². The third kappa shape index (κ3) is 7.32. The topological polar surface area (TPSA) is 68.8 Å². The van der Waals surface area contributed by atoms with Gasteiger partial charge in [-0.25, -0.2) is 0 Å². The molecule has 150 valence electrons. The molecule has 0 saturated heterocycles. The molecule has 0 radical (unpaired) electrons. The van der Waals surface area contributed by atoms with Crippen LogP contribution in [0.2, 0.25) is 0 Å². The Balaban J connectivity index is 1.90. The van der Waals surface area contributed by atoms with E-state index in [0.29, 0.717) is 43.6 Å². The molecule has 0 atom stereocenters. The fourth-order valence-corrected chi connectivity index (χ4v) is 2.36. The molecular formula is C22H28N2O4. The Bertz CT molecular complexity index is 777. The Morgan fingerprint density at radius 3 is 2.29 bits per heavy atom. The lowest BCUT2D eigenvalue weighted by atomic mass is 10.2. The van der Waals surface area contributed by atoms with Gasteiger partial charge in [-0.3, -0.25) is 4.79 Å². The largest absolute Gasteiger partial charge is 0.489 e. The van der Waals surface area contributed by atoms with Crippen LogP contribution in [0.25, 0.3) is 0 Å². The molecule has 2 N–H and O–H groups in total. The van der Waals surface area contributed by atoms with Crippen molar-refractivity contribution in [2.75, 3.05) is 43.6 Å². The van der Waals surface area contributed by atoms with Gasteiger partial charge >= 0.3 is 0 Å². The summed E-state index contributed by atoms with van der Waals surface area (Å²) < 4.78 is 16.7. The Labute approximate surface area is 166 Å². The first-order valence-electron chi connectivity index (χ1n) is 9.29. The molecular weight excluding hydrogens is 356 g/mol. The first-order chi connectivity index (χ1) is 13.6. The summed E-state index contributed by atoms with van der Waals surface area (Å²) in [5.41, 5.74) is 2.28. The van der Waals surface area contributed by atoms with Crippen LogP contribution in [-0.2, 0) is 9.53 Å². The Morgan fingerprint density at radius 2 is 1.61 bits per heavy atom. The minimum absolute atomic E-state index is 0.0979. The number of nitrogens with one attached hydrogen (secondary N) is 2. The summed E-state index contributed by atoms with van der Waals surface area (Å²) in [7, 11) is 0. The molecule has 0 aromatic heterocycles. The van der Waals surface area contributed by atoms with Gasteiger partial charge < -0.3 is 24.8 Å². The van der Waals surface area contributed by atoms with Crippen molar-refractivity contribution in [3.8, 4) is 11.5 Å².